The van der Waals surface area contributed by atoms with Crippen LogP contribution in [0.2, 0.25) is 0 Å². The number of alkyl halides is 3. The Kier molecular flexibility index (Phi) is 8.42. The van der Waals surface area contributed by atoms with Gasteiger partial charge < -0.3 is 19.8 Å². The number of carbonyl (C=O) groups excluding carboxylic acids is 3. The van der Waals surface area contributed by atoms with Gasteiger partial charge in [0.25, 0.3) is 5.91 Å². The molecule has 3 heterocycles. The van der Waals surface area contributed by atoms with Crippen LogP contribution in [0.15, 0.2) is 76.6 Å². The van der Waals surface area contributed by atoms with Crippen LogP contribution >= 0.6 is 23.1 Å². The van der Waals surface area contributed by atoms with Crippen molar-refractivity contribution in [1.82, 2.24) is 4.98 Å². The number of fused-ring (bicyclic) bond motifs is 2. The van der Waals surface area contributed by atoms with Crippen LogP contribution < -0.4 is 24.6 Å². The van der Waals surface area contributed by atoms with Crippen molar-refractivity contribution in [2.45, 2.75) is 36.2 Å². The summed E-state index contributed by atoms with van der Waals surface area (Å²) in [6.07, 6.45) is -4.67. The van der Waals surface area contributed by atoms with Gasteiger partial charge in [0.1, 0.15) is 5.25 Å². The van der Waals surface area contributed by atoms with E-state index in [2.05, 4.69) is 10.3 Å². The molecule has 1 fully saturated rings. The first-order valence-corrected chi connectivity index (χ1v) is 15.8. The molecule has 0 unspecified atom stereocenters. The molecule has 3 amide bonds. The number of ether oxygens (including phenoxy) is 2. The summed E-state index contributed by atoms with van der Waals surface area (Å²) >= 11 is 1.92. The Hall–Kier alpha value is -4.56. The highest BCUT2D eigenvalue weighted by molar-refractivity contribution is 8.00. The molecule has 0 spiro atoms. The minimum atomic E-state index is -4.67. The third-order valence-electron chi connectivity index (χ3n) is 7.58. The van der Waals surface area contributed by atoms with Crippen LogP contribution in [0.5, 0.6) is 11.5 Å². The predicted molar refractivity (Wildman–Crippen MR) is 167 cm³/mol. The van der Waals surface area contributed by atoms with Gasteiger partial charge in [0, 0.05) is 16.5 Å². The maximum Gasteiger partial charge on any atom is 0.416 e. The van der Waals surface area contributed by atoms with E-state index in [9.17, 15) is 32.3 Å². The Bertz CT molecular complexity index is 1890. The average Bonchev–Trinajstić information content (AvgIpc) is 3.51. The number of nitrogens with zero attached hydrogens (tertiary/aromatic N) is 1. The van der Waals surface area contributed by atoms with Crippen molar-refractivity contribution in [3.8, 4) is 11.5 Å². The van der Waals surface area contributed by atoms with Crippen molar-refractivity contribution >= 4 is 52.2 Å². The number of aryl methyl sites for hydroxylation is 1. The molecule has 0 bridgehead atoms. The number of amides is 3. The third-order valence-corrected chi connectivity index (χ3v) is 9.98. The third kappa shape index (κ3) is 6.01. The van der Waals surface area contributed by atoms with Crippen molar-refractivity contribution < 1.29 is 37.0 Å². The number of rotatable bonds is 8. The van der Waals surface area contributed by atoms with Crippen molar-refractivity contribution in [3.63, 3.8) is 0 Å². The minimum absolute atomic E-state index is 0.182. The topological polar surface area (TPSA) is 118 Å². The molecule has 2 aliphatic rings. The Labute approximate surface area is 268 Å². The number of nitrogens with one attached hydrogen (secondary N) is 2. The fourth-order valence-corrected chi connectivity index (χ4v) is 8.05. The first-order valence-electron chi connectivity index (χ1n) is 14.2. The van der Waals surface area contributed by atoms with Crippen molar-refractivity contribution in [2.75, 3.05) is 23.4 Å². The zero-order chi connectivity index (χ0) is 32.7. The summed E-state index contributed by atoms with van der Waals surface area (Å²) in [5.41, 5.74) is 1.01. The standard InChI is InChI=1S/C32H26F3N3O6S2/c1-3-43-22-13-17(9-12-21(22)44-15-23(39)36-19-10-7-16(2)8-11-19)24-25-27(45-28-26(24)46-31(42)37-28)30(41)38(29(25)40)20-6-4-5-18(14-20)32(33,34)35/h4-14,24-25,27H,3,15H2,1-2H3,(H,36,39)(H,37,42)/t24-,25-,27+/m0/s1. The van der Waals surface area contributed by atoms with E-state index in [1.807, 2.05) is 19.1 Å². The smallest absolute Gasteiger partial charge is 0.416 e. The number of halogens is 3. The lowest BCUT2D eigenvalue weighted by molar-refractivity contribution is -0.137. The number of anilines is 2. The molecular weight excluding hydrogens is 643 g/mol. The average molecular weight is 670 g/mol. The number of hydrogen-bond donors (Lipinski definition) is 2. The molecule has 0 radical (unpaired) electrons. The highest BCUT2D eigenvalue weighted by atomic mass is 32.2. The maximum absolute atomic E-state index is 14.0. The van der Waals surface area contributed by atoms with Crippen LogP contribution in [0.1, 0.15) is 34.4 Å². The summed E-state index contributed by atoms with van der Waals surface area (Å²) in [6.45, 7) is 3.62. The molecule has 0 aliphatic carbocycles. The molecule has 3 aromatic carbocycles. The van der Waals surface area contributed by atoms with Crippen molar-refractivity contribution in [2.24, 2.45) is 5.92 Å². The van der Waals surface area contributed by atoms with Crippen LogP contribution in [0, 0.1) is 12.8 Å². The van der Waals surface area contributed by atoms with Crippen LogP contribution in [0.25, 0.3) is 0 Å². The molecular formula is C32H26F3N3O6S2. The molecule has 46 heavy (non-hydrogen) atoms. The maximum atomic E-state index is 14.0. The highest BCUT2D eigenvalue weighted by Gasteiger charge is 2.56. The minimum Gasteiger partial charge on any atom is -0.490 e. The summed E-state index contributed by atoms with van der Waals surface area (Å²) in [7, 11) is 0. The summed E-state index contributed by atoms with van der Waals surface area (Å²) < 4.78 is 52.0. The Balaban J connectivity index is 1.32. The van der Waals surface area contributed by atoms with Gasteiger partial charge in [-0.1, -0.05) is 52.9 Å². The Morgan fingerprint density at radius 3 is 2.46 bits per heavy atom. The predicted octanol–water partition coefficient (Wildman–Crippen LogP) is 5.98. The van der Waals surface area contributed by atoms with Crippen LogP contribution in [0.3, 0.4) is 0 Å². The zero-order valence-electron chi connectivity index (χ0n) is 24.3. The van der Waals surface area contributed by atoms with Crippen molar-refractivity contribution in [3.05, 3.63) is 98.0 Å². The molecule has 9 nitrogen and oxygen atoms in total. The second-order valence-electron chi connectivity index (χ2n) is 10.7. The Morgan fingerprint density at radius 1 is 0.978 bits per heavy atom. The summed E-state index contributed by atoms with van der Waals surface area (Å²) in [6, 6.07) is 16.2. The Morgan fingerprint density at radius 2 is 1.74 bits per heavy atom. The lowest BCUT2D eigenvalue weighted by atomic mass is 9.83. The van der Waals surface area contributed by atoms with Gasteiger partial charge in [-0.3, -0.25) is 19.2 Å². The fraction of sp³-hybridized carbons (Fsp3) is 0.250. The molecule has 3 atom stereocenters. The molecule has 238 valence electrons. The van der Waals surface area contributed by atoms with E-state index < -0.39 is 46.5 Å². The lowest BCUT2D eigenvalue weighted by Crippen LogP contribution is -2.32. The molecule has 6 rings (SSSR count). The van der Waals surface area contributed by atoms with Gasteiger partial charge in [0.15, 0.2) is 18.1 Å². The first-order chi connectivity index (χ1) is 21.9. The van der Waals surface area contributed by atoms with E-state index in [0.29, 0.717) is 21.2 Å². The van der Waals surface area contributed by atoms with Gasteiger partial charge in [-0.05, 0) is 61.9 Å². The van der Waals surface area contributed by atoms with Gasteiger partial charge in [-0.15, -0.1) is 0 Å². The number of thioether (sulfide) groups is 1. The number of thiazole rings is 1. The largest absolute Gasteiger partial charge is 0.490 e. The summed E-state index contributed by atoms with van der Waals surface area (Å²) in [5.74, 6) is -3.03. The quantitative estimate of drug-likeness (QED) is 0.222. The molecule has 14 heteroatoms. The van der Waals surface area contributed by atoms with Crippen molar-refractivity contribution in [1.29, 1.82) is 0 Å². The number of carbonyl (C=O) groups is 3. The van der Waals surface area contributed by atoms with E-state index in [1.54, 1.807) is 37.3 Å². The molecule has 1 saturated heterocycles. The fourth-order valence-electron chi connectivity index (χ4n) is 5.53. The lowest BCUT2D eigenvalue weighted by Gasteiger charge is -2.30. The summed E-state index contributed by atoms with van der Waals surface area (Å²) in [5, 5.41) is 2.17. The second kappa shape index (κ2) is 12.3. The molecule has 4 aromatic rings. The van der Waals surface area contributed by atoms with E-state index in [1.165, 1.54) is 6.07 Å². The molecule has 2 aliphatic heterocycles. The molecule has 2 N–H and O–H groups in total. The van der Waals surface area contributed by atoms with Gasteiger partial charge in [-0.2, -0.15) is 13.2 Å². The van der Waals surface area contributed by atoms with E-state index in [-0.39, 0.29) is 35.3 Å². The van der Waals surface area contributed by atoms with Crippen LogP contribution in [-0.2, 0) is 20.6 Å². The van der Waals surface area contributed by atoms with Crippen LogP contribution in [-0.4, -0.2) is 41.2 Å². The molecule has 0 saturated carbocycles. The van der Waals surface area contributed by atoms with E-state index in [0.717, 1.165) is 51.8 Å². The van der Waals surface area contributed by atoms with Gasteiger partial charge >= 0.3 is 11.0 Å². The number of benzene rings is 3. The number of aromatic amines is 1. The number of hydrogen-bond acceptors (Lipinski definition) is 8. The SMILES string of the molecule is CCOc1cc([C@@H]2c3sc(=O)[nH]c3S[C@H]3C(=O)N(c4cccc(C(F)(F)F)c4)C(=O)[C@@H]23)ccc1OCC(=O)Nc1ccc(C)cc1. The number of imide groups is 1. The van der Waals surface area contributed by atoms with Gasteiger partial charge in [0.2, 0.25) is 11.8 Å². The number of aromatic nitrogens is 1. The van der Waals surface area contributed by atoms with Gasteiger partial charge in [0.05, 0.1) is 28.8 Å². The number of H-pyrrole nitrogens is 1. The highest BCUT2D eigenvalue weighted by Crippen LogP contribution is 2.54. The zero-order valence-corrected chi connectivity index (χ0v) is 26.0. The van der Waals surface area contributed by atoms with Crippen LogP contribution in [0.4, 0.5) is 24.5 Å². The second-order valence-corrected chi connectivity index (χ2v) is 12.8. The monoisotopic (exact) mass is 669 g/mol. The molecule has 1 aromatic heterocycles. The first kappa shape index (κ1) is 31.4. The van der Waals surface area contributed by atoms with E-state index in [4.69, 9.17) is 9.47 Å². The van der Waals surface area contributed by atoms with Gasteiger partial charge in [-0.25, -0.2) is 4.90 Å². The summed E-state index contributed by atoms with van der Waals surface area (Å²) in [4.78, 5) is 56.3. The van der Waals surface area contributed by atoms with E-state index >= 15 is 0 Å². The normalized spacial score (nSPS) is 19.1.